The molecule has 2 aromatic heterocycles. The van der Waals surface area contributed by atoms with E-state index in [9.17, 15) is 18.0 Å². The summed E-state index contributed by atoms with van der Waals surface area (Å²) in [6, 6.07) is 11.6. The van der Waals surface area contributed by atoms with E-state index >= 15 is 0 Å². The third-order valence-electron chi connectivity index (χ3n) is 4.53. The third kappa shape index (κ3) is 3.63. The highest BCUT2D eigenvalue weighted by molar-refractivity contribution is 6.30. The van der Waals surface area contributed by atoms with Crippen LogP contribution < -0.4 is 5.56 Å². The van der Waals surface area contributed by atoms with Crippen LogP contribution in [-0.4, -0.2) is 19.6 Å². The Labute approximate surface area is 168 Å². The second-order valence-corrected chi connectivity index (χ2v) is 6.98. The van der Waals surface area contributed by atoms with Gasteiger partial charge < -0.3 is 0 Å². The zero-order chi connectivity index (χ0) is 20.8. The Hall–Kier alpha value is -3.13. The zero-order valence-corrected chi connectivity index (χ0v) is 15.9. The molecule has 2 aromatic carbocycles. The lowest BCUT2D eigenvalue weighted by atomic mass is 10.1. The second-order valence-electron chi connectivity index (χ2n) is 6.54. The van der Waals surface area contributed by atoms with Crippen LogP contribution in [0, 0.1) is 6.92 Å². The predicted molar refractivity (Wildman–Crippen MR) is 103 cm³/mol. The largest absolute Gasteiger partial charge is 0.416 e. The van der Waals surface area contributed by atoms with Crippen molar-refractivity contribution in [3.05, 3.63) is 86.9 Å². The molecule has 9 heteroatoms. The molecule has 0 aliphatic heterocycles. The number of hydrogen-bond acceptors (Lipinski definition) is 3. The molecule has 5 nitrogen and oxygen atoms in total. The standard InChI is InChI=1S/C20H14ClF3N4O/c1-12-17-10-25-28(16-4-2-3-15(21)9-16)18(17)19(29)27(26-12)11-13-5-7-14(8-6-13)20(22,23)24/h2-10H,11H2,1H3. The van der Waals surface area contributed by atoms with Gasteiger partial charge in [0.15, 0.2) is 0 Å². The molecule has 0 N–H and O–H groups in total. The van der Waals surface area contributed by atoms with Crippen molar-refractivity contribution in [3.63, 3.8) is 0 Å². The van der Waals surface area contributed by atoms with Gasteiger partial charge in [-0.15, -0.1) is 0 Å². The van der Waals surface area contributed by atoms with E-state index in [4.69, 9.17) is 11.6 Å². The Kier molecular flexibility index (Phi) is 4.66. The van der Waals surface area contributed by atoms with Crippen LogP contribution in [0.4, 0.5) is 13.2 Å². The van der Waals surface area contributed by atoms with Crippen molar-refractivity contribution < 1.29 is 13.2 Å². The van der Waals surface area contributed by atoms with E-state index in [0.717, 1.165) is 12.1 Å². The minimum Gasteiger partial charge on any atom is -0.265 e. The number of fused-ring (bicyclic) bond motifs is 1. The topological polar surface area (TPSA) is 52.7 Å². The summed E-state index contributed by atoms with van der Waals surface area (Å²) >= 11 is 6.05. The van der Waals surface area contributed by atoms with Gasteiger partial charge in [0.05, 0.1) is 29.7 Å². The number of halogens is 4. The highest BCUT2D eigenvalue weighted by atomic mass is 35.5. The van der Waals surface area contributed by atoms with Crippen LogP contribution in [0.3, 0.4) is 0 Å². The lowest BCUT2D eigenvalue weighted by molar-refractivity contribution is -0.137. The maximum atomic E-state index is 13.1. The molecule has 148 valence electrons. The van der Waals surface area contributed by atoms with Gasteiger partial charge in [0.25, 0.3) is 5.56 Å². The molecule has 4 aromatic rings. The summed E-state index contributed by atoms with van der Waals surface area (Å²) in [5.74, 6) is 0. The van der Waals surface area contributed by atoms with Crippen molar-refractivity contribution in [2.45, 2.75) is 19.6 Å². The zero-order valence-electron chi connectivity index (χ0n) is 15.1. The van der Waals surface area contributed by atoms with Crippen LogP contribution in [-0.2, 0) is 12.7 Å². The van der Waals surface area contributed by atoms with Crippen molar-refractivity contribution in [1.82, 2.24) is 19.6 Å². The summed E-state index contributed by atoms with van der Waals surface area (Å²) in [5.41, 5.74) is 0.915. The SMILES string of the molecule is Cc1nn(Cc2ccc(C(F)(F)F)cc2)c(=O)c2c1cnn2-c1cccc(Cl)c1. The normalized spacial score (nSPS) is 11.9. The fraction of sp³-hybridized carbons (Fsp3) is 0.150. The molecule has 0 amide bonds. The lowest BCUT2D eigenvalue weighted by Gasteiger charge is -2.10. The average molecular weight is 419 g/mol. The Bertz CT molecular complexity index is 1260. The Balaban J connectivity index is 1.79. The van der Waals surface area contributed by atoms with Crippen molar-refractivity contribution in [3.8, 4) is 5.69 Å². The number of nitrogens with zero attached hydrogens (tertiary/aromatic N) is 4. The quantitative estimate of drug-likeness (QED) is 0.488. The predicted octanol–water partition coefficient (Wildman–Crippen LogP) is 4.61. The van der Waals surface area contributed by atoms with Crippen LogP contribution in [0.2, 0.25) is 5.02 Å². The molecule has 29 heavy (non-hydrogen) atoms. The molecule has 0 saturated heterocycles. The first kappa shape index (κ1) is 19.2. The van der Waals surface area contributed by atoms with Gasteiger partial charge in [0.2, 0.25) is 0 Å². The summed E-state index contributed by atoms with van der Waals surface area (Å²) in [5, 5.41) is 9.69. The molecular formula is C20H14ClF3N4O. The first-order valence-electron chi connectivity index (χ1n) is 8.61. The van der Waals surface area contributed by atoms with Crippen molar-refractivity contribution in [2.75, 3.05) is 0 Å². The summed E-state index contributed by atoms with van der Waals surface area (Å²) < 4.78 is 41.0. The third-order valence-corrected chi connectivity index (χ3v) is 4.77. The van der Waals surface area contributed by atoms with E-state index < -0.39 is 17.3 Å². The molecule has 2 heterocycles. The van der Waals surface area contributed by atoms with Crippen LogP contribution in [0.15, 0.2) is 59.5 Å². The highest BCUT2D eigenvalue weighted by Crippen LogP contribution is 2.29. The summed E-state index contributed by atoms with van der Waals surface area (Å²) in [6.45, 7) is 1.78. The summed E-state index contributed by atoms with van der Waals surface area (Å²) in [4.78, 5) is 13.1. The van der Waals surface area contributed by atoms with Gasteiger partial charge in [-0.3, -0.25) is 4.79 Å². The number of alkyl halides is 3. The average Bonchev–Trinajstić information content (AvgIpc) is 3.12. The minimum atomic E-state index is -4.41. The van der Waals surface area contributed by atoms with Crippen LogP contribution in [0.25, 0.3) is 16.6 Å². The van der Waals surface area contributed by atoms with Gasteiger partial charge in [0, 0.05) is 10.4 Å². The number of hydrogen-bond donors (Lipinski definition) is 0. The van der Waals surface area contributed by atoms with Gasteiger partial charge in [-0.2, -0.15) is 23.4 Å². The number of benzene rings is 2. The molecule has 0 aliphatic carbocycles. The van der Waals surface area contributed by atoms with Crippen LogP contribution in [0.1, 0.15) is 16.8 Å². The van der Waals surface area contributed by atoms with E-state index in [1.54, 1.807) is 37.4 Å². The summed E-state index contributed by atoms with van der Waals surface area (Å²) in [6.07, 6.45) is -2.85. The van der Waals surface area contributed by atoms with Crippen LogP contribution >= 0.6 is 11.6 Å². The molecule has 0 spiro atoms. The number of aryl methyl sites for hydroxylation is 1. The Morgan fingerprint density at radius 3 is 2.48 bits per heavy atom. The first-order valence-corrected chi connectivity index (χ1v) is 8.99. The molecule has 0 saturated carbocycles. The van der Waals surface area contributed by atoms with E-state index in [-0.39, 0.29) is 6.54 Å². The van der Waals surface area contributed by atoms with Gasteiger partial charge in [-0.25, -0.2) is 9.36 Å². The van der Waals surface area contributed by atoms with E-state index in [1.165, 1.54) is 21.5 Å². The number of rotatable bonds is 3. The molecule has 4 rings (SSSR count). The number of aromatic nitrogens is 4. The van der Waals surface area contributed by atoms with Crippen molar-refractivity contribution in [1.29, 1.82) is 0 Å². The second kappa shape index (κ2) is 7.04. The molecule has 0 unspecified atom stereocenters. The summed E-state index contributed by atoms with van der Waals surface area (Å²) in [7, 11) is 0. The maximum absolute atomic E-state index is 13.1. The molecule has 0 aliphatic rings. The molecular weight excluding hydrogens is 405 g/mol. The van der Waals surface area contributed by atoms with Gasteiger partial charge >= 0.3 is 6.18 Å². The fourth-order valence-electron chi connectivity index (χ4n) is 3.10. The van der Waals surface area contributed by atoms with Crippen molar-refractivity contribution >= 4 is 22.5 Å². The smallest absolute Gasteiger partial charge is 0.265 e. The Morgan fingerprint density at radius 2 is 1.83 bits per heavy atom. The molecule has 0 radical (unpaired) electrons. The van der Waals surface area contributed by atoms with Crippen LogP contribution in [0.5, 0.6) is 0 Å². The Morgan fingerprint density at radius 1 is 1.10 bits per heavy atom. The van der Waals surface area contributed by atoms with Gasteiger partial charge in [-0.05, 0) is 42.8 Å². The van der Waals surface area contributed by atoms with Gasteiger partial charge in [0.1, 0.15) is 5.52 Å². The lowest BCUT2D eigenvalue weighted by Crippen LogP contribution is -2.26. The van der Waals surface area contributed by atoms with E-state index in [2.05, 4.69) is 10.2 Å². The van der Waals surface area contributed by atoms with Crippen molar-refractivity contribution in [2.24, 2.45) is 0 Å². The minimum absolute atomic E-state index is 0.0362. The van der Waals surface area contributed by atoms with E-state index in [1.807, 2.05) is 0 Å². The fourth-order valence-corrected chi connectivity index (χ4v) is 3.29. The molecule has 0 bridgehead atoms. The van der Waals surface area contributed by atoms with Gasteiger partial charge in [-0.1, -0.05) is 29.8 Å². The highest BCUT2D eigenvalue weighted by Gasteiger charge is 2.30. The molecule has 0 atom stereocenters. The first-order chi connectivity index (χ1) is 13.7. The molecule has 0 fully saturated rings. The maximum Gasteiger partial charge on any atom is 0.416 e. The van der Waals surface area contributed by atoms with E-state index in [0.29, 0.717) is 32.9 Å². The monoisotopic (exact) mass is 418 g/mol.